The zero-order chi connectivity index (χ0) is 72.1. The predicted molar refractivity (Wildman–Crippen MR) is 400 cm³/mol. The van der Waals surface area contributed by atoms with Crippen LogP contribution in [-0.4, -0.2) is 96.7 Å². The summed E-state index contributed by atoms with van der Waals surface area (Å²) in [6.45, 7) is 9.63. The summed E-state index contributed by atoms with van der Waals surface area (Å²) in [7, 11) is -9.92. The second-order valence-corrected chi connectivity index (χ2v) is 32.1. The van der Waals surface area contributed by atoms with Crippen molar-refractivity contribution < 1.29 is 80.2 Å². The van der Waals surface area contributed by atoms with Crippen LogP contribution in [0.1, 0.15) is 414 Å². The molecule has 0 fully saturated rings. The van der Waals surface area contributed by atoms with Crippen molar-refractivity contribution in [3.63, 3.8) is 0 Å². The first kappa shape index (κ1) is 96.1. The molecular weight excluding hydrogens is 1280 g/mol. The van der Waals surface area contributed by atoms with Crippen molar-refractivity contribution in [1.29, 1.82) is 0 Å². The van der Waals surface area contributed by atoms with Gasteiger partial charge < -0.3 is 33.8 Å². The van der Waals surface area contributed by atoms with Gasteiger partial charge in [0.2, 0.25) is 0 Å². The van der Waals surface area contributed by atoms with Gasteiger partial charge in [0.15, 0.2) is 12.2 Å². The van der Waals surface area contributed by atoms with Gasteiger partial charge in [0.1, 0.15) is 19.3 Å². The highest BCUT2D eigenvalue weighted by atomic mass is 31.2. The molecule has 98 heavy (non-hydrogen) atoms. The van der Waals surface area contributed by atoms with E-state index in [2.05, 4.69) is 41.5 Å². The Morgan fingerprint density at radius 1 is 0.296 bits per heavy atom. The molecule has 0 amide bonds. The van der Waals surface area contributed by atoms with Gasteiger partial charge in [-0.1, -0.05) is 363 Å². The largest absolute Gasteiger partial charge is 0.472 e. The van der Waals surface area contributed by atoms with E-state index in [0.717, 1.165) is 102 Å². The molecular formula is C79H154O17P2. The topological polar surface area (TPSA) is 237 Å². The monoisotopic (exact) mass is 1440 g/mol. The molecule has 0 rings (SSSR count). The van der Waals surface area contributed by atoms with E-state index in [4.69, 9.17) is 37.0 Å². The minimum absolute atomic E-state index is 0.106. The Labute approximate surface area is 600 Å². The second kappa shape index (κ2) is 70.7. The minimum atomic E-state index is -4.96. The SMILES string of the molecule is CCCCCCCCCCCCCCCCCCCCCCC(=O)O[C@H](COC(=O)CCCCCCCCCCCCC(C)CC)COP(=O)(O)OC[C@@H](O)COP(=O)(O)OC[C@@H](COC(=O)CCCCCCCCCCCCC)OC(=O)CCCCCCCCCCCCC(C)C. The number of aliphatic hydroxyl groups excluding tert-OH is 1. The van der Waals surface area contributed by atoms with Crippen molar-refractivity contribution >= 4 is 39.5 Å². The number of esters is 4. The standard InChI is InChI=1S/C79H154O17P2/c1-7-10-12-14-16-18-20-21-22-23-24-25-26-27-28-30-39-45-51-57-63-78(83)95-74(68-90-77(82)62-56-50-44-38-34-32-36-42-48-54-60-72(6)9-3)69-93-97(85,86)91-65-73(80)66-92-98(87,88)94-70-75(67-89-76(81)61-55-49-43-37-29-19-17-15-13-11-8-2)96-79(84)64-58-52-46-40-33-31-35-41-47-53-59-71(4)5/h71-75,80H,7-70H2,1-6H3,(H,85,86)(H,87,88)/t72?,73-,74-,75-/m1/s1. The Bertz CT molecular complexity index is 1890. The lowest BCUT2D eigenvalue weighted by Gasteiger charge is -2.21. The summed E-state index contributed by atoms with van der Waals surface area (Å²) in [5.41, 5.74) is 0. The van der Waals surface area contributed by atoms with E-state index in [1.54, 1.807) is 0 Å². The number of hydrogen-bond donors (Lipinski definition) is 3. The Morgan fingerprint density at radius 2 is 0.520 bits per heavy atom. The van der Waals surface area contributed by atoms with E-state index in [1.807, 2.05) is 0 Å². The van der Waals surface area contributed by atoms with Crippen molar-refractivity contribution in [2.24, 2.45) is 11.8 Å². The van der Waals surface area contributed by atoms with Crippen LogP contribution >= 0.6 is 15.6 Å². The molecule has 0 aliphatic rings. The van der Waals surface area contributed by atoms with Crippen LogP contribution in [0.4, 0.5) is 0 Å². The van der Waals surface area contributed by atoms with E-state index in [0.29, 0.717) is 25.7 Å². The molecule has 0 aromatic heterocycles. The van der Waals surface area contributed by atoms with Gasteiger partial charge in [-0.25, -0.2) is 9.13 Å². The lowest BCUT2D eigenvalue weighted by molar-refractivity contribution is -0.161. The van der Waals surface area contributed by atoms with Crippen LogP contribution in [0, 0.1) is 11.8 Å². The highest BCUT2D eigenvalue weighted by Gasteiger charge is 2.30. The minimum Gasteiger partial charge on any atom is -0.462 e. The van der Waals surface area contributed by atoms with Crippen molar-refractivity contribution in [3.05, 3.63) is 0 Å². The Balaban J connectivity index is 5.24. The number of aliphatic hydroxyl groups is 1. The number of carbonyl (C=O) groups is 4. The summed E-state index contributed by atoms with van der Waals surface area (Å²) in [4.78, 5) is 72.9. The Morgan fingerprint density at radius 3 is 0.776 bits per heavy atom. The van der Waals surface area contributed by atoms with Gasteiger partial charge in [-0.2, -0.15) is 0 Å². The van der Waals surface area contributed by atoms with E-state index in [9.17, 15) is 43.2 Å². The highest BCUT2D eigenvalue weighted by molar-refractivity contribution is 7.47. The number of phosphoric acid groups is 2. The van der Waals surface area contributed by atoms with Crippen molar-refractivity contribution in [2.75, 3.05) is 39.6 Å². The lowest BCUT2D eigenvalue weighted by Crippen LogP contribution is -2.30. The molecule has 0 aliphatic carbocycles. The smallest absolute Gasteiger partial charge is 0.462 e. The fraction of sp³-hybridized carbons (Fsp3) is 0.949. The van der Waals surface area contributed by atoms with Crippen molar-refractivity contribution in [2.45, 2.75) is 432 Å². The molecule has 582 valence electrons. The summed E-state index contributed by atoms with van der Waals surface area (Å²) in [5, 5.41) is 10.6. The zero-order valence-corrected chi connectivity index (χ0v) is 65.9. The van der Waals surface area contributed by atoms with Crippen LogP contribution in [0.2, 0.25) is 0 Å². The first-order valence-corrected chi connectivity index (χ1v) is 44.0. The summed E-state index contributed by atoms with van der Waals surface area (Å²) >= 11 is 0. The highest BCUT2D eigenvalue weighted by Crippen LogP contribution is 2.45. The number of ether oxygens (including phenoxy) is 4. The summed E-state index contributed by atoms with van der Waals surface area (Å²) in [6.07, 6.45) is 59.6. The second-order valence-electron chi connectivity index (χ2n) is 29.2. The number of phosphoric ester groups is 2. The maximum absolute atomic E-state index is 13.1. The molecule has 0 radical (unpaired) electrons. The Hall–Kier alpha value is -1.94. The summed E-state index contributed by atoms with van der Waals surface area (Å²) in [5.74, 6) is -0.550. The van der Waals surface area contributed by atoms with E-state index >= 15 is 0 Å². The molecule has 0 aromatic carbocycles. The summed E-state index contributed by atoms with van der Waals surface area (Å²) < 4.78 is 68.6. The molecule has 0 heterocycles. The average Bonchev–Trinajstić information content (AvgIpc) is 1.04. The molecule has 0 saturated heterocycles. The fourth-order valence-corrected chi connectivity index (χ4v) is 13.7. The molecule has 3 unspecified atom stereocenters. The van der Waals surface area contributed by atoms with E-state index in [1.165, 1.54) is 231 Å². The molecule has 6 atom stereocenters. The predicted octanol–water partition coefficient (Wildman–Crippen LogP) is 23.5. The third-order valence-corrected chi connectivity index (χ3v) is 20.7. The lowest BCUT2D eigenvalue weighted by atomic mass is 9.99. The quantitative estimate of drug-likeness (QED) is 0.0222. The molecule has 0 aliphatic heterocycles. The number of rotatable bonds is 78. The van der Waals surface area contributed by atoms with Crippen molar-refractivity contribution in [3.8, 4) is 0 Å². The molecule has 0 aromatic rings. The summed E-state index contributed by atoms with van der Waals surface area (Å²) in [6, 6.07) is 0. The normalized spacial score (nSPS) is 14.2. The fourth-order valence-electron chi connectivity index (χ4n) is 12.2. The van der Waals surface area contributed by atoms with Crippen LogP contribution < -0.4 is 0 Å². The van der Waals surface area contributed by atoms with E-state index < -0.39 is 97.5 Å². The van der Waals surface area contributed by atoms with Crippen LogP contribution in [0.5, 0.6) is 0 Å². The van der Waals surface area contributed by atoms with Crippen LogP contribution in [0.3, 0.4) is 0 Å². The molecule has 0 bridgehead atoms. The molecule has 0 spiro atoms. The average molecular weight is 1440 g/mol. The van der Waals surface area contributed by atoms with Crippen molar-refractivity contribution in [1.82, 2.24) is 0 Å². The van der Waals surface area contributed by atoms with Crippen LogP contribution in [0.25, 0.3) is 0 Å². The van der Waals surface area contributed by atoms with Gasteiger partial charge in [-0.05, 0) is 37.5 Å². The zero-order valence-electron chi connectivity index (χ0n) is 64.1. The maximum Gasteiger partial charge on any atom is 0.472 e. The third kappa shape index (κ3) is 71.1. The van der Waals surface area contributed by atoms with Gasteiger partial charge in [0.05, 0.1) is 26.4 Å². The van der Waals surface area contributed by atoms with Gasteiger partial charge >= 0.3 is 39.5 Å². The Kier molecular flexibility index (Phi) is 69.3. The maximum atomic E-state index is 13.1. The van der Waals surface area contributed by atoms with Gasteiger partial charge in [0, 0.05) is 25.7 Å². The van der Waals surface area contributed by atoms with Crippen LogP contribution in [0.15, 0.2) is 0 Å². The number of carbonyl (C=O) groups excluding carboxylic acids is 4. The number of unbranched alkanes of at least 4 members (excludes halogenated alkanes) is 47. The first-order chi connectivity index (χ1) is 47.4. The molecule has 3 N–H and O–H groups in total. The van der Waals surface area contributed by atoms with Gasteiger partial charge in [-0.3, -0.25) is 37.3 Å². The first-order valence-electron chi connectivity index (χ1n) is 41.0. The van der Waals surface area contributed by atoms with Gasteiger partial charge in [-0.15, -0.1) is 0 Å². The third-order valence-electron chi connectivity index (χ3n) is 18.8. The molecule has 17 nitrogen and oxygen atoms in total. The molecule has 19 heteroatoms. The van der Waals surface area contributed by atoms with Gasteiger partial charge in [0.25, 0.3) is 0 Å². The number of hydrogen-bond acceptors (Lipinski definition) is 15. The van der Waals surface area contributed by atoms with E-state index in [-0.39, 0.29) is 25.7 Å². The van der Waals surface area contributed by atoms with Crippen LogP contribution in [-0.2, 0) is 65.4 Å². The molecule has 0 saturated carbocycles.